The smallest absolute Gasteiger partial charge is 0.165 e. The molecule has 0 atom stereocenters. The number of aromatic nitrogens is 3. The van der Waals surface area contributed by atoms with Crippen molar-refractivity contribution in [1.82, 2.24) is 19.5 Å². The Labute approximate surface area is 196 Å². The molecule has 5 heteroatoms. The number of piperazine rings is 1. The molecule has 0 aliphatic carbocycles. The molecular formula is C28H33N5. The number of hydrogen-bond acceptors (Lipinski definition) is 4. The van der Waals surface area contributed by atoms with Gasteiger partial charge in [-0.3, -0.25) is 4.90 Å². The third-order valence-corrected chi connectivity index (χ3v) is 6.53. The van der Waals surface area contributed by atoms with Crippen LogP contribution in [0.1, 0.15) is 37.6 Å². The van der Waals surface area contributed by atoms with Crippen LogP contribution >= 0.6 is 0 Å². The third-order valence-electron chi connectivity index (χ3n) is 6.53. The third kappa shape index (κ3) is 4.51. The number of rotatable bonds is 4. The van der Waals surface area contributed by atoms with Gasteiger partial charge in [-0.2, -0.15) is 9.61 Å². The van der Waals surface area contributed by atoms with Crippen LogP contribution in [0.2, 0.25) is 0 Å². The van der Waals surface area contributed by atoms with Crippen molar-refractivity contribution in [1.29, 1.82) is 0 Å². The van der Waals surface area contributed by atoms with E-state index in [9.17, 15) is 0 Å². The van der Waals surface area contributed by atoms with E-state index in [0.29, 0.717) is 0 Å². The molecular weight excluding hydrogens is 406 g/mol. The van der Waals surface area contributed by atoms with E-state index in [-0.39, 0.29) is 5.41 Å². The maximum Gasteiger partial charge on any atom is 0.165 e. The average molecular weight is 440 g/mol. The molecule has 170 valence electrons. The molecule has 2 aromatic carbocycles. The summed E-state index contributed by atoms with van der Waals surface area (Å²) in [4.78, 5) is 10.1. The Morgan fingerprint density at radius 2 is 1.58 bits per heavy atom. The van der Waals surface area contributed by atoms with Crippen LogP contribution in [0, 0.1) is 6.92 Å². The summed E-state index contributed by atoms with van der Waals surface area (Å²) in [6.45, 7) is 13.9. The number of fused-ring (bicyclic) bond motifs is 1. The molecule has 0 unspecified atom stereocenters. The molecule has 1 aliphatic heterocycles. The van der Waals surface area contributed by atoms with E-state index in [4.69, 9.17) is 10.1 Å². The fraction of sp³-hybridized carbons (Fsp3) is 0.357. The van der Waals surface area contributed by atoms with E-state index < -0.39 is 0 Å². The van der Waals surface area contributed by atoms with E-state index >= 15 is 0 Å². The van der Waals surface area contributed by atoms with Gasteiger partial charge in [-0.15, -0.1) is 0 Å². The predicted octanol–water partition coefficient (Wildman–Crippen LogP) is 5.32. The van der Waals surface area contributed by atoms with Crippen LogP contribution in [0.25, 0.3) is 16.8 Å². The minimum atomic E-state index is -0.0412. The molecule has 33 heavy (non-hydrogen) atoms. The van der Waals surface area contributed by atoms with Crippen LogP contribution in [0.4, 0.5) is 5.82 Å². The molecule has 3 heterocycles. The standard InChI is InChI=1S/C28H33N5/c1-21-10-12-23(13-11-21)24-19-29-33-26(18-25(28(2,3)4)30-27(24)33)32-16-14-31(15-17-32)20-22-8-6-5-7-9-22/h5-13,18-19H,14-17,20H2,1-4H3. The molecule has 4 aromatic rings. The lowest BCUT2D eigenvalue weighted by Gasteiger charge is -2.36. The lowest BCUT2D eigenvalue weighted by Crippen LogP contribution is -2.46. The average Bonchev–Trinajstić information content (AvgIpc) is 3.24. The molecule has 0 bridgehead atoms. The molecule has 5 nitrogen and oxygen atoms in total. The highest BCUT2D eigenvalue weighted by Crippen LogP contribution is 2.31. The van der Waals surface area contributed by atoms with Crippen LogP contribution in [0.15, 0.2) is 66.9 Å². The summed E-state index contributed by atoms with van der Waals surface area (Å²) >= 11 is 0. The minimum absolute atomic E-state index is 0.0412. The Bertz CT molecular complexity index is 1230. The van der Waals surface area contributed by atoms with E-state index in [1.54, 1.807) is 0 Å². The largest absolute Gasteiger partial charge is 0.354 e. The summed E-state index contributed by atoms with van der Waals surface area (Å²) in [7, 11) is 0. The van der Waals surface area contributed by atoms with E-state index in [1.807, 2.05) is 10.7 Å². The Kier molecular flexibility index (Phi) is 5.67. The van der Waals surface area contributed by atoms with Crippen molar-refractivity contribution in [2.75, 3.05) is 31.1 Å². The first-order valence-electron chi connectivity index (χ1n) is 11.9. The Morgan fingerprint density at radius 3 is 2.24 bits per heavy atom. The molecule has 5 rings (SSSR count). The van der Waals surface area contributed by atoms with Gasteiger partial charge in [-0.25, -0.2) is 4.98 Å². The van der Waals surface area contributed by atoms with Gasteiger partial charge in [0.05, 0.1) is 11.9 Å². The molecule has 0 amide bonds. The van der Waals surface area contributed by atoms with E-state index in [0.717, 1.165) is 61.0 Å². The molecule has 1 aliphatic rings. The highest BCUT2D eigenvalue weighted by Gasteiger charge is 2.25. The predicted molar refractivity (Wildman–Crippen MR) is 136 cm³/mol. The van der Waals surface area contributed by atoms with Crippen molar-refractivity contribution in [2.45, 2.75) is 39.7 Å². The molecule has 1 saturated heterocycles. The van der Waals surface area contributed by atoms with Gasteiger partial charge in [-0.1, -0.05) is 80.9 Å². The SMILES string of the molecule is Cc1ccc(-c2cnn3c(N4CCN(Cc5ccccc5)CC4)cc(C(C)(C)C)nc23)cc1. The van der Waals surface area contributed by atoms with Crippen molar-refractivity contribution in [3.8, 4) is 11.1 Å². The number of nitrogens with zero attached hydrogens (tertiary/aromatic N) is 5. The van der Waals surface area contributed by atoms with Crippen LogP contribution < -0.4 is 4.90 Å². The highest BCUT2D eigenvalue weighted by atomic mass is 15.4. The Hall–Kier alpha value is -3.18. The van der Waals surface area contributed by atoms with Crippen LogP contribution in [-0.2, 0) is 12.0 Å². The van der Waals surface area contributed by atoms with Crippen molar-refractivity contribution < 1.29 is 0 Å². The van der Waals surface area contributed by atoms with Gasteiger partial charge in [0.25, 0.3) is 0 Å². The first kappa shape index (κ1) is 21.7. The van der Waals surface area contributed by atoms with Gasteiger partial charge in [0, 0.05) is 49.8 Å². The molecule has 1 fully saturated rings. The second-order valence-corrected chi connectivity index (χ2v) is 10.2. The summed E-state index contributed by atoms with van der Waals surface area (Å²) in [6.07, 6.45) is 1.97. The summed E-state index contributed by atoms with van der Waals surface area (Å²) in [5.41, 5.74) is 6.88. The fourth-order valence-corrected chi connectivity index (χ4v) is 4.47. The molecule has 2 aromatic heterocycles. The number of anilines is 1. The maximum atomic E-state index is 5.09. The molecule has 0 spiro atoms. The van der Waals surface area contributed by atoms with Crippen molar-refractivity contribution in [2.24, 2.45) is 0 Å². The van der Waals surface area contributed by atoms with Crippen molar-refractivity contribution >= 4 is 11.5 Å². The zero-order chi connectivity index (χ0) is 23.0. The zero-order valence-electron chi connectivity index (χ0n) is 20.1. The van der Waals surface area contributed by atoms with E-state index in [1.165, 1.54) is 11.1 Å². The second kappa shape index (κ2) is 8.64. The maximum absolute atomic E-state index is 5.09. The van der Waals surface area contributed by atoms with Crippen molar-refractivity contribution in [3.05, 3.63) is 83.7 Å². The zero-order valence-corrected chi connectivity index (χ0v) is 20.1. The number of benzene rings is 2. The molecule has 0 saturated carbocycles. The topological polar surface area (TPSA) is 36.7 Å². The summed E-state index contributed by atoms with van der Waals surface area (Å²) in [5.74, 6) is 1.14. The summed E-state index contributed by atoms with van der Waals surface area (Å²) in [6, 6.07) is 21.6. The lowest BCUT2D eigenvalue weighted by molar-refractivity contribution is 0.249. The monoisotopic (exact) mass is 439 g/mol. The second-order valence-electron chi connectivity index (χ2n) is 10.2. The van der Waals surface area contributed by atoms with Gasteiger partial charge in [-0.05, 0) is 18.1 Å². The summed E-state index contributed by atoms with van der Waals surface area (Å²) in [5, 5.41) is 4.80. The number of hydrogen-bond donors (Lipinski definition) is 0. The molecule has 0 N–H and O–H groups in total. The number of aryl methyl sites for hydroxylation is 1. The summed E-state index contributed by atoms with van der Waals surface area (Å²) < 4.78 is 2.04. The van der Waals surface area contributed by atoms with E-state index in [2.05, 4.69) is 98.2 Å². The van der Waals surface area contributed by atoms with Gasteiger partial charge >= 0.3 is 0 Å². The first-order valence-corrected chi connectivity index (χ1v) is 11.9. The lowest BCUT2D eigenvalue weighted by atomic mass is 9.91. The molecule has 0 radical (unpaired) electrons. The minimum Gasteiger partial charge on any atom is -0.354 e. The van der Waals surface area contributed by atoms with Crippen molar-refractivity contribution in [3.63, 3.8) is 0 Å². The Balaban J connectivity index is 1.47. The normalized spacial score (nSPS) is 15.3. The highest BCUT2D eigenvalue weighted by molar-refractivity contribution is 5.78. The van der Waals surface area contributed by atoms with Crippen LogP contribution in [0.5, 0.6) is 0 Å². The quantitative estimate of drug-likeness (QED) is 0.431. The van der Waals surface area contributed by atoms with Crippen LogP contribution in [-0.4, -0.2) is 45.7 Å². The Morgan fingerprint density at radius 1 is 0.879 bits per heavy atom. The fourth-order valence-electron chi connectivity index (χ4n) is 4.47. The van der Waals surface area contributed by atoms with Crippen LogP contribution in [0.3, 0.4) is 0 Å². The van der Waals surface area contributed by atoms with Gasteiger partial charge in [0.15, 0.2) is 5.65 Å². The first-order chi connectivity index (χ1) is 15.9. The van der Waals surface area contributed by atoms with Gasteiger partial charge in [0.1, 0.15) is 5.82 Å². The van der Waals surface area contributed by atoms with Gasteiger partial charge in [0.2, 0.25) is 0 Å². The van der Waals surface area contributed by atoms with Gasteiger partial charge < -0.3 is 4.90 Å².